The number of aryl methyl sites for hydroxylation is 2. The average molecular weight is 370 g/mol. The van der Waals surface area contributed by atoms with Crippen molar-refractivity contribution in [3.05, 3.63) is 53.6 Å². The Kier molecular flexibility index (Phi) is 6.93. The number of rotatable bonds is 7. The van der Waals surface area contributed by atoms with Crippen molar-refractivity contribution in [3.8, 4) is 5.75 Å². The quantitative estimate of drug-likeness (QED) is 0.731. The second-order valence-electron chi connectivity index (χ2n) is 6.03. The zero-order chi connectivity index (χ0) is 19.8. The van der Waals surface area contributed by atoms with E-state index < -0.39 is 18.5 Å². The molecule has 7 nitrogen and oxygen atoms in total. The van der Waals surface area contributed by atoms with E-state index in [-0.39, 0.29) is 12.5 Å². The molecule has 2 aromatic rings. The summed E-state index contributed by atoms with van der Waals surface area (Å²) >= 11 is 0. The first-order valence-corrected chi connectivity index (χ1v) is 8.36. The summed E-state index contributed by atoms with van der Waals surface area (Å²) in [6.07, 6.45) is 0. The van der Waals surface area contributed by atoms with Crippen molar-refractivity contribution >= 4 is 29.2 Å². The molecule has 0 aromatic heterocycles. The number of esters is 1. The van der Waals surface area contributed by atoms with Crippen LogP contribution in [-0.2, 0) is 19.1 Å². The molecule has 2 amide bonds. The summed E-state index contributed by atoms with van der Waals surface area (Å²) in [4.78, 5) is 34.6. The van der Waals surface area contributed by atoms with Gasteiger partial charge >= 0.3 is 5.97 Å². The summed E-state index contributed by atoms with van der Waals surface area (Å²) in [5, 5.41) is 5.22. The molecule has 142 valence electrons. The van der Waals surface area contributed by atoms with E-state index in [4.69, 9.17) is 9.47 Å². The van der Waals surface area contributed by atoms with Crippen LogP contribution >= 0.6 is 0 Å². The fourth-order valence-corrected chi connectivity index (χ4v) is 2.22. The number of hydrogen-bond acceptors (Lipinski definition) is 5. The summed E-state index contributed by atoms with van der Waals surface area (Å²) in [5.74, 6) is -0.674. The number of hydrogen-bond donors (Lipinski definition) is 2. The van der Waals surface area contributed by atoms with Crippen LogP contribution < -0.4 is 15.4 Å². The van der Waals surface area contributed by atoms with Gasteiger partial charge in [-0.05, 0) is 55.3 Å². The largest absolute Gasteiger partial charge is 0.482 e. The number of ether oxygens (including phenoxy) is 2. The molecule has 0 aliphatic carbocycles. The fourth-order valence-electron chi connectivity index (χ4n) is 2.22. The van der Waals surface area contributed by atoms with Gasteiger partial charge < -0.3 is 20.1 Å². The monoisotopic (exact) mass is 370 g/mol. The number of carbonyl (C=O) groups is 3. The lowest BCUT2D eigenvalue weighted by molar-refractivity contribution is -0.149. The number of anilines is 2. The normalized spacial score (nSPS) is 10.0. The molecule has 0 saturated carbocycles. The van der Waals surface area contributed by atoms with E-state index in [0.717, 1.165) is 11.1 Å². The van der Waals surface area contributed by atoms with E-state index in [1.807, 2.05) is 32.0 Å². The maximum absolute atomic E-state index is 11.9. The molecule has 2 aromatic carbocycles. The topological polar surface area (TPSA) is 93.7 Å². The van der Waals surface area contributed by atoms with Crippen LogP contribution in [0.25, 0.3) is 0 Å². The van der Waals surface area contributed by atoms with Crippen LogP contribution in [0.15, 0.2) is 42.5 Å². The fraction of sp³-hybridized carbons (Fsp3) is 0.250. The second-order valence-corrected chi connectivity index (χ2v) is 6.03. The molecule has 0 bridgehead atoms. The summed E-state index contributed by atoms with van der Waals surface area (Å²) < 4.78 is 10.3. The Bertz CT molecular complexity index is 831. The lowest BCUT2D eigenvalue weighted by Crippen LogP contribution is -2.23. The summed E-state index contributed by atoms with van der Waals surface area (Å²) in [5.41, 5.74) is 3.08. The molecule has 0 unspecified atom stereocenters. The lowest BCUT2D eigenvalue weighted by Gasteiger charge is -2.10. The van der Waals surface area contributed by atoms with Crippen LogP contribution in [0.3, 0.4) is 0 Å². The van der Waals surface area contributed by atoms with Gasteiger partial charge in [-0.15, -0.1) is 0 Å². The molecule has 0 heterocycles. The van der Waals surface area contributed by atoms with Gasteiger partial charge in [-0.3, -0.25) is 9.59 Å². The predicted molar refractivity (Wildman–Crippen MR) is 102 cm³/mol. The van der Waals surface area contributed by atoms with Gasteiger partial charge in [0.1, 0.15) is 5.75 Å². The highest BCUT2D eigenvalue weighted by Gasteiger charge is 2.10. The standard InChI is InChI=1S/C20H22N2O5/c1-13-4-5-14(2)18(10-13)26-12-20(25)27-11-19(24)22-17-8-6-16(7-9-17)21-15(3)23/h4-10H,11-12H2,1-3H3,(H,21,23)(H,22,24). The molecule has 27 heavy (non-hydrogen) atoms. The second kappa shape index (κ2) is 9.38. The first-order valence-electron chi connectivity index (χ1n) is 8.36. The summed E-state index contributed by atoms with van der Waals surface area (Å²) in [6, 6.07) is 12.3. The van der Waals surface area contributed by atoms with Crippen molar-refractivity contribution in [2.24, 2.45) is 0 Å². The Labute approximate surface area is 157 Å². The SMILES string of the molecule is CC(=O)Nc1ccc(NC(=O)COC(=O)COc2cc(C)ccc2C)cc1. The van der Waals surface area contributed by atoms with Crippen LogP contribution in [0.5, 0.6) is 5.75 Å². The first kappa shape index (κ1) is 20.0. The molecule has 0 saturated heterocycles. The maximum atomic E-state index is 11.9. The van der Waals surface area contributed by atoms with Crippen LogP contribution in [0.1, 0.15) is 18.1 Å². The minimum Gasteiger partial charge on any atom is -0.482 e. The van der Waals surface area contributed by atoms with Gasteiger partial charge in [-0.1, -0.05) is 12.1 Å². The zero-order valence-electron chi connectivity index (χ0n) is 15.5. The van der Waals surface area contributed by atoms with Crippen LogP contribution in [0.4, 0.5) is 11.4 Å². The molecular weight excluding hydrogens is 348 g/mol. The summed E-state index contributed by atoms with van der Waals surface area (Å²) in [7, 11) is 0. The minimum absolute atomic E-state index is 0.179. The van der Waals surface area contributed by atoms with Crippen molar-refractivity contribution in [2.75, 3.05) is 23.8 Å². The predicted octanol–water partition coefficient (Wildman–Crippen LogP) is 2.82. The minimum atomic E-state index is -0.632. The van der Waals surface area contributed by atoms with Crippen molar-refractivity contribution in [1.82, 2.24) is 0 Å². The Hall–Kier alpha value is -3.35. The van der Waals surface area contributed by atoms with Gasteiger partial charge in [-0.25, -0.2) is 4.79 Å². The van der Waals surface area contributed by atoms with Gasteiger partial charge in [0.05, 0.1) is 0 Å². The molecule has 2 N–H and O–H groups in total. The maximum Gasteiger partial charge on any atom is 0.344 e. The summed E-state index contributed by atoms with van der Waals surface area (Å²) in [6.45, 7) is 4.53. The van der Waals surface area contributed by atoms with E-state index >= 15 is 0 Å². The van der Waals surface area contributed by atoms with Gasteiger partial charge in [0.2, 0.25) is 5.91 Å². The highest BCUT2D eigenvalue weighted by atomic mass is 16.6. The molecule has 0 aliphatic heterocycles. The molecule has 0 spiro atoms. The van der Waals surface area contributed by atoms with Gasteiger partial charge in [0.25, 0.3) is 5.91 Å². The van der Waals surface area contributed by atoms with Crippen molar-refractivity contribution in [3.63, 3.8) is 0 Å². The number of carbonyl (C=O) groups excluding carboxylic acids is 3. The van der Waals surface area contributed by atoms with Crippen molar-refractivity contribution in [1.29, 1.82) is 0 Å². The third-order valence-electron chi connectivity index (χ3n) is 3.54. The zero-order valence-corrected chi connectivity index (χ0v) is 15.5. The van der Waals surface area contributed by atoms with Crippen LogP contribution in [0.2, 0.25) is 0 Å². The molecule has 0 radical (unpaired) electrons. The first-order chi connectivity index (χ1) is 12.8. The number of amides is 2. The highest BCUT2D eigenvalue weighted by molar-refractivity contribution is 5.93. The molecule has 0 aliphatic rings. The Morgan fingerprint density at radius 1 is 0.889 bits per heavy atom. The van der Waals surface area contributed by atoms with E-state index in [1.54, 1.807) is 24.3 Å². The molecule has 0 fully saturated rings. The van der Waals surface area contributed by atoms with Gasteiger partial charge in [0.15, 0.2) is 13.2 Å². The highest BCUT2D eigenvalue weighted by Crippen LogP contribution is 2.19. The third kappa shape index (κ3) is 6.81. The van der Waals surface area contributed by atoms with E-state index in [0.29, 0.717) is 17.1 Å². The Balaban J connectivity index is 1.75. The molecule has 2 rings (SSSR count). The van der Waals surface area contributed by atoms with E-state index in [1.165, 1.54) is 6.92 Å². The van der Waals surface area contributed by atoms with E-state index in [2.05, 4.69) is 10.6 Å². The van der Waals surface area contributed by atoms with E-state index in [9.17, 15) is 14.4 Å². The molecule has 0 atom stereocenters. The Morgan fingerprint density at radius 3 is 2.15 bits per heavy atom. The van der Waals surface area contributed by atoms with Crippen LogP contribution in [0, 0.1) is 13.8 Å². The third-order valence-corrected chi connectivity index (χ3v) is 3.54. The van der Waals surface area contributed by atoms with Crippen molar-refractivity contribution < 1.29 is 23.9 Å². The lowest BCUT2D eigenvalue weighted by atomic mass is 10.1. The Morgan fingerprint density at radius 2 is 1.52 bits per heavy atom. The smallest absolute Gasteiger partial charge is 0.344 e. The van der Waals surface area contributed by atoms with Gasteiger partial charge in [0, 0.05) is 18.3 Å². The van der Waals surface area contributed by atoms with Gasteiger partial charge in [-0.2, -0.15) is 0 Å². The average Bonchev–Trinajstić information content (AvgIpc) is 2.62. The van der Waals surface area contributed by atoms with Crippen molar-refractivity contribution in [2.45, 2.75) is 20.8 Å². The molecular formula is C20H22N2O5. The molecule has 7 heteroatoms. The van der Waals surface area contributed by atoms with Crippen LogP contribution in [-0.4, -0.2) is 31.0 Å². The number of benzene rings is 2. The number of nitrogens with one attached hydrogen (secondary N) is 2.